The van der Waals surface area contributed by atoms with Gasteiger partial charge >= 0.3 is 5.97 Å². The number of hydrogen-bond acceptors (Lipinski definition) is 2. The first-order valence-corrected chi connectivity index (χ1v) is 9.99. The van der Waals surface area contributed by atoms with E-state index in [1.165, 1.54) is 70.8 Å². The molecule has 0 aromatic carbocycles. The highest BCUT2D eigenvalue weighted by molar-refractivity contribution is 5.69. The highest BCUT2D eigenvalue weighted by Gasteiger charge is 2.15. The molecule has 0 N–H and O–H groups in total. The van der Waals surface area contributed by atoms with E-state index in [2.05, 4.69) is 21.0 Å². The first kappa shape index (κ1) is 22.4. The van der Waals surface area contributed by atoms with Crippen molar-refractivity contribution in [2.24, 2.45) is 0 Å². The van der Waals surface area contributed by atoms with Gasteiger partial charge in [0.15, 0.2) is 0 Å². The Morgan fingerprint density at radius 3 is 1.78 bits per heavy atom. The normalized spacial score (nSPS) is 11.7. The Morgan fingerprint density at radius 2 is 1.26 bits per heavy atom. The van der Waals surface area contributed by atoms with Crippen LogP contribution < -0.4 is 0 Å². The molecule has 0 saturated carbocycles. The summed E-state index contributed by atoms with van der Waals surface area (Å²) in [7, 11) is 4.47. The third-order valence-electron chi connectivity index (χ3n) is 4.53. The van der Waals surface area contributed by atoms with Gasteiger partial charge in [-0.3, -0.25) is 4.79 Å². The van der Waals surface area contributed by atoms with Crippen LogP contribution in [0.4, 0.5) is 0 Å². The van der Waals surface area contributed by atoms with Crippen LogP contribution in [0.5, 0.6) is 0 Å². The van der Waals surface area contributed by atoms with Gasteiger partial charge in [0.1, 0.15) is 13.2 Å². The first-order valence-electron chi connectivity index (χ1n) is 9.99. The largest absolute Gasteiger partial charge is 0.460 e. The Labute approximate surface area is 145 Å². The maximum atomic E-state index is 11.3. The van der Waals surface area contributed by atoms with Gasteiger partial charge in [0.25, 0.3) is 0 Å². The molecule has 0 fully saturated rings. The Kier molecular flexibility index (Phi) is 14.6. The molecule has 0 saturated heterocycles. The second kappa shape index (κ2) is 15.0. The summed E-state index contributed by atoms with van der Waals surface area (Å²) < 4.78 is 6.22. The van der Waals surface area contributed by atoms with Gasteiger partial charge in [-0.1, -0.05) is 65.2 Å². The summed E-state index contributed by atoms with van der Waals surface area (Å²) in [4.78, 5) is 11.3. The Bertz CT molecular complexity index is 277. The number of nitrogens with zero attached hydrogens (tertiary/aromatic N) is 1. The lowest BCUT2D eigenvalue weighted by Gasteiger charge is -2.29. The smallest absolute Gasteiger partial charge is 0.305 e. The number of hydrogen-bond donors (Lipinski definition) is 0. The SMILES string of the molecule is CCCCCCCCCCCC[N+](C)(C)CCOC(=O)CCC. The van der Waals surface area contributed by atoms with Crippen LogP contribution in [0.15, 0.2) is 0 Å². The number of likely N-dealkylation sites (N-methyl/N-ethyl adjacent to an activating group) is 1. The molecule has 0 aliphatic rings. The van der Waals surface area contributed by atoms with Crippen molar-refractivity contribution < 1.29 is 14.0 Å². The van der Waals surface area contributed by atoms with Crippen molar-refractivity contribution in [2.45, 2.75) is 90.9 Å². The van der Waals surface area contributed by atoms with E-state index in [-0.39, 0.29) is 5.97 Å². The van der Waals surface area contributed by atoms with Crippen LogP contribution >= 0.6 is 0 Å². The number of esters is 1. The monoisotopic (exact) mass is 328 g/mol. The lowest BCUT2D eigenvalue weighted by molar-refractivity contribution is -0.890. The van der Waals surface area contributed by atoms with E-state index in [0.29, 0.717) is 13.0 Å². The molecule has 0 amide bonds. The number of ether oxygens (including phenoxy) is 1. The van der Waals surface area contributed by atoms with Crippen molar-refractivity contribution in [3.63, 3.8) is 0 Å². The molecule has 138 valence electrons. The fourth-order valence-electron chi connectivity index (χ4n) is 2.82. The zero-order chi connectivity index (χ0) is 17.4. The van der Waals surface area contributed by atoms with Gasteiger partial charge in [-0.15, -0.1) is 0 Å². The fourth-order valence-corrected chi connectivity index (χ4v) is 2.82. The molecule has 0 aromatic heterocycles. The lowest BCUT2D eigenvalue weighted by Crippen LogP contribution is -2.43. The summed E-state index contributed by atoms with van der Waals surface area (Å²) in [5.74, 6) is -0.0496. The van der Waals surface area contributed by atoms with E-state index in [1.807, 2.05) is 6.92 Å². The predicted octanol–water partition coefficient (Wildman–Crippen LogP) is 5.33. The summed E-state index contributed by atoms with van der Waals surface area (Å²) in [6, 6.07) is 0. The summed E-state index contributed by atoms with van der Waals surface area (Å²) in [5, 5.41) is 0. The quantitative estimate of drug-likeness (QED) is 0.217. The average Bonchev–Trinajstić information content (AvgIpc) is 2.49. The van der Waals surface area contributed by atoms with E-state index >= 15 is 0 Å². The maximum absolute atomic E-state index is 11.3. The molecule has 0 rings (SSSR count). The molecular weight excluding hydrogens is 286 g/mol. The number of carbonyl (C=O) groups is 1. The van der Waals surface area contributed by atoms with Gasteiger partial charge in [-0.25, -0.2) is 0 Å². The van der Waals surface area contributed by atoms with Gasteiger partial charge in [0.2, 0.25) is 0 Å². The van der Waals surface area contributed by atoms with Crippen LogP contribution in [-0.4, -0.2) is 44.2 Å². The molecule has 0 atom stereocenters. The Balaban J connectivity index is 3.43. The van der Waals surface area contributed by atoms with Crippen LogP contribution in [0, 0.1) is 0 Å². The minimum atomic E-state index is -0.0496. The number of quaternary nitrogens is 1. The van der Waals surface area contributed by atoms with Crippen LogP contribution in [0.25, 0.3) is 0 Å². The van der Waals surface area contributed by atoms with Crippen molar-refractivity contribution >= 4 is 5.97 Å². The highest BCUT2D eigenvalue weighted by atomic mass is 16.5. The average molecular weight is 329 g/mol. The molecule has 0 radical (unpaired) electrons. The van der Waals surface area contributed by atoms with Crippen LogP contribution in [0.2, 0.25) is 0 Å². The number of carbonyl (C=O) groups excluding carboxylic acids is 1. The molecule has 3 heteroatoms. The lowest BCUT2D eigenvalue weighted by atomic mass is 10.1. The predicted molar refractivity (Wildman–Crippen MR) is 99.6 cm³/mol. The summed E-state index contributed by atoms with van der Waals surface area (Å²) >= 11 is 0. The fraction of sp³-hybridized carbons (Fsp3) is 0.950. The number of rotatable bonds is 16. The van der Waals surface area contributed by atoms with Crippen molar-refractivity contribution in [3.8, 4) is 0 Å². The van der Waals surface area contributed by atoms with E-state index in [9.17, 15) is 4.79 Å². The molecular formula is C20H42NO2+. The third kappa shape index (κ3) is 16.1. The molecule has 0 aliphatic carbocycles. The van der Waals surface area contributed by atoms with E-state index in [1.54, 1.807) is 0 Å². The van der Waals surface area contributed by atoms with E-state index in [4.69, 9.17) is 4.74 Å². The second-order valence-electron chi connectivity index (χ2n) is 7.54. The van der Waals surface area contributed by atoms with Crippen molar-refractivity contribution in [1.82, 2.24) is 0 Å². The summed E-state index contributed by atoms with van der Waals surface area (Å²) in [5.41, 5.74) is 0. The van der Waals surface area contributed by atoms with Gasteiger partial charge in [0.05, 0.1) is 20.6 Å². The van der Waals surface area contributed by atoms with Crippen LogP contribution in [0.3, 0.4) is 0 Å². The molecule has 3 nitrogen and oxygen atoms in total. The van der Waals surface area contributed by atoms with Crippen molar-refractivity contribution in [3.05, 3.63) is 0 Å². The van der Waals surface area contributed by atoms with Crippen LogP contribution in [0.1, 0.15) is 90.9 Å². The summed E-state index contributed by atoms with van der Waals surface area (Å²) in [6.45, 7) is 6.94. The van der Waals surface area contributed by atoms with Crippen molar-refractivity contribution in [2.75, 3.05) is 33.8 Å². The maximum Gasteiger partial charge on any atom is 0.305 e. The topological polar surface area (TPSA) is 26.3 Å². The Hall–Kier alpha value is -0.570. The minimum Gasteiger partial charge on any atom is -0.460 e. The van der Waals surface area contributed by atoms with Gasteiger partial charge in [-0.05, 0) is 19.3 Å². The molecule has 0 aromatic rings. The molecule has 0 spiro atoms. The third-order valence-corrected chi connectivity index (χ3v) is 4.53. The number of unbranched alkanes of at least 4 members (excludes halogenated alkanes) is 9. The second-order valence-corrected chi connectivity index (χ2v) is 7.54. The first-order chi connectivity index (χ1) is 11.0. The zero-order valence-corrected chi connectivity index (χ0v) is 16.4. The molecule has 0 aliphatic heterocycles. The van der Waals surface area contributed by atoms with Gasteiger partial charge < -0.3 is 9.22 Å². The molecule has 0 bridgehead atoms. The Morgan fingerprint density at radius 1 is 0.739 bits per heavy atom. The van der Waals surface area contributed by atoms with Crippen LogP contribution in [-0.2, 0) is 9.53 Å². The van der Waals surface area contributed by atoms with Gasteiger partial charge in [-0.2, -0.15) is 0 Å². The summed E-state index contributed by atoms with van der Waals surface area (Å²) in [6.07, 6.45) is 15.2. The minimum absolute atomic E-state index is 0.0496. The molecule has 0 unspecified atom stereocenters. The zero-order valence-electron chi connectivity index (χ0n) is 16.4. The van der Waals surface area contributed by atoms with E-state index < -0.39 is 0 Å². The molecule has 0 heterocycles. The van der Waals surface area contributed by atoms with Gasteiger partial charge in [0, 0.05) is 6.42 Å². The standard InChI is InChI=1S/C20H42NO2/c1-5-7-8-9-10-11-12-13-14-15-17-21(3,4)18-19-23-20(22)16-6-2/h5-19H2,1-4H3/q+1. The van der Waals surface area contributed by atoms with E-state index in [0.717, 1.165) is 17.4 Å². The van der Waals surface area contributed by atoms with Crippen molar-refractivity contribution in [1.29, 1.82) is 0 Å². The molecule has 23 heavy (non-hydrogen) atoms. The highest BCUT2D eigenvalue weighted by Crippen LogP contribution is 2.11.